The SMILES string of the molecule is CCCCCCCCCC(=O)O.CCCCCCCCCCCCC(=O)O. The highest BCUT2D eigenvalue weighted by Gasteiger charge is 1.97. The zero-order valence-corrected chi connectivity index (χ0v) is 18.1. The maximum absolute atomic E-state index is 10.2. The van der Waals surface area contributed by atoms with E-state index in [0.717, 1.165) is 25.7 Å². The van der Waals surface area contributed by atoms with Crippen LogP contribution in [0.4, 0.5) is 0 Å². The average molecular weight is 387 g/mol. The van der Waals surface area contributed by atoms with E-state index in [1.165, 1.54) is 83.5 Å². The summed E-state index contributed by atoms with van der Waals surface area (Å²) in [7, 11) is 0. The predicted molar refractivity (Wildman–Crippen MR) is 114 cm³/mol. The van der Waals surface area contributed by atoms with Gasteiger partial charge in [-0.15, -0.1) is 0 Å². The van der Waals surface area contributed by atoms with Crippen molar-refractivity contribution in [3.05, 3.63) is 0 Å². The molecule has 162 valence electrons. The molecule has 0 aromatic heterocycles. The largest absolute Gasteiger partial charge is 0.481 e. The van der Waals surface area contributed by atoms with Gasteiger partial charge in [-0.25, -0.2) is 0 Å². The molecule has 0 aliphatic rings. The van der Waals surface area contributed by atoms with Crippen molar-refractivity contribution in [2.75, 3.05) is 0 Å². The van der Waals surface area contributed by atoms with Gasteiger partial charge in [-0.2, -0.15) is 0 Å². The molecule has 0 aromatic carbocycles. The lowest BCUT2D eigenvalue weighted by Crippen LogP contribution is -1.93. The van der Waals surface area contributed by atoms with Crippen LogP contribution in [0.1, 0.15) is 136 Å². The number of carbonyl (C=O) groups is 2. The van der Waals surface area contributed by atoms with Gasteiger partial charge in [0.25, 0.3) is 0 Å². The number of hydrogen-bond acceptors (Lipinski definition) is 2. The van der Waals surface area contributed by atoms with E-state index in [4.69, 9.17) is 10.2 Å². The molecule has 0 rings (SSSR count). The van der Waals surface area contributed by atoms with Crippen LogP contribution in [0, 0.1) is 0 Å². The maximum atomic E-state index is 10.2. The molecule has 2 N–H and O–H groups in total. The molecule has 0 unspecified atom stereocenters. The molecule has 0 saturated heterocycles. The molecule has 0 heterocycles. The van der Waals surface area contributed by atoms with E-state index in [2.05, 4.69) is 13.8 Å². The van der Waals surface area contributed by atoms with Crippen LogP contribution in [0.3, 0.4) is 0 Å². The Morgan fingerprint density at radius 1 is 0.444 bits per heavy atom. The van der Waals surface area contributed by atoms with E-state index < -0.39 is 11.9 Å². The average Bonchev–Trinajstić information content (AvgIpc) is 2.62. The molecule has 4 heteroatoms. The second kappa shape index (κ2) is 24.9. The monoisotopic (exact) mass is 386 g/mol. The Morgan fingerprint density at radius 3 is 0.889 bits per heavy atom. The van der Waals surface area contributed by atoms with Crippen molar-refractivity contribution in [1.82, 2.24) is 0 Å². The van der Waals surface area contributed by atoms with Crippen molar-refractivity contribution in [2.45, 2.75) is 136 Å². The van der Waals surface area contributed by atoms with Crippen molar-refractivity contribution in [3.63, 3.8) is 0 Å². The molecule has 0 saturated carbocycles. The lowest BCUT2D eigenvalue weighted by molar-refractivity contribution is -0.138. The van der Waals surface area contributed by atoms with Crippen LogP contribution in [-0.4, -0.2) is 22.2 Å². The summed E-state index contributed by atoms with van der Waals surface area (Å²) < 4.78 is 0. The molecule has 0 aliphatic heterocycles. The summed E-state index contributed by atoms with van der Waals surface area (Å²) in [5.74, 6) is -1.32. The minimum atomic E-state index is -0.663. The second-order valence-electron chi connectivity index (χ2n) is 7.59. The van der Waals surface area contributed by atoms with Gasteiger partial charge >= 0.3 is 11.9 Å². The Morgan fingerprint density at radius 2 is 0.667 bits per heavy atom. The molecule has 0 spiro atoms. The van der Waals surface area contributed by atoms with E-state index in [9.17, 15) is 9.59 Å². The summed E-state index contributed by atoms with van der Waals surface area (Å²) >= 11 is 0. The first-order valence-electron chi connectivity index (χ1n) is 11.5. The van der Waals surface area contributed by atoms with Gasteiger partial charge < -0.3 is 10.2 Å². The van der Waals surface area contributed by atoms with Gasteiger partial charge in [0, 0.05) is 12.8 Å². The van der Waals surface area contributed by atoms with Gasteiger partial charge in [0.15, 0.2) is 0 Å². The van der Waals surface area contributed by atoms with Crippen LogP contribution >= 0.6 is 0 Å². The Balaban J connectivity index is 0. The number of carboxylic acids is 2. The van der Waals surface area contributed by atoms with Crippen LogP contribution in [0.5, 0.6) is 0 Å². The minimum absolute atomic E-state index is 0.341. The summed E-state index contributed by atoms with van der Waals surface area (Å²) in [4.78, 5) is 20.4. The highest BCUT2D eigenvalue weighted by atomic mass is 16.4. The maximum Gasteiger partial charge on any atom is 0.303 e. The molecule has 0 bridgehead atoms. The Labute approximate surface area is 168 Å². The van der Waals surface area contributed by atoms with Crippen molar-refractivity contribution in [1.29, 1.82) is 0 Å². The normalized spacial score (nSPS) is 10.3. The highest BCUT2D eigenvalue weighted by Crippen LogP contribution is 2.11. The standard InChI is InChI=1S/C13H26O2.C10H20O2/c1-2-3-4-5-6-7-8-9-10-11-12-13(14)15;1-2-3-4-5-6-7-8-9-10(11)12/h2-12H2,1H3,(H,14,15);2-9H2,1H3,(H,11,12). The van der Waals surface area contributed by atoms with Gasteiger partial charge in [0.05, 0.1) is 0 Å². The molecule has 0 amide bonds. The first-order chi connectivity index (χ1) is 13.0. The molecule has 0 radical (unpaired) electrons. The van der Waals surface area contributed by atoms with Crippen LogP contribution < -0.4 is 0 Å². The molecule has 0 fully saturated rings. The van der Waals surface area contributed by atoms with E-state index in [0.29, 0.717) is 12.8 Å². The van der Waals surface area contributed by atoms with Crippen LogP contribution in [0.15, 0.2) is 0 Å². The second-order valence-corrected chi connectivity index (χ2v) is 7.59. The molecule has 27 heavy (non-hydrogen) atoms. The van der Waals surface area contributed by atoms with Gasteiger partial charge in [-0.1, -0.05) is 110 Å². The summed E-state index contributed by atoms with van der Waals surface area (Å²) in [6.07, 6.45) is 21.6. The number of unbranched alkanes of at least 4 members (excludes halogenated alkanes) is 15. The molecule has 0 atom stereocenters. The minimum Gasteiger partial charge on any atom is -0.481 e. The third-order valence-corrected chi connectivity index (χ3v) is 4.74. The van der Waals surface area contributed by atoms with Gasteiger partial charge in [0.1, 0.15) is 0 Å². The third kappa shape index (κ3) is 33.0. The zero-order valence-electron chi connectivity index (χ0n) is 18.1. The van der Waals surface area contributed by atoms with E-state index in [-0.39, 0.29) is 0 Å². The molecular formula is C23H46O4. The lowest BCUT2D eigenvalue weighted by atomic mass is 10.1. The van der Waals surface area contributed by atoms with Gasteiger partial charge in [-0.3, -0.25) is 9.59 Å². The Hall–Kier alpha value is -1.06. The number of rotatable bonds is 19. The Kier molecular flexibility index (Phi) is 26.0. The summed E-state index contributed by atoms with van der Waals surface area (Å²) in [5, 5.41) is 16.8. The van der Waals surface area contributed by atoms with Crippen LogP contribution in [0.2, 0.25) is 0 Å². The lowest BCUT2D eigenvalue weighted by Gasteiger charge is -2.01. The van der Waals surface area contributed by atoms with E-state index in [1.807, 2.05) is 0 Å². The topological polar surface area (TPSA) is 74.6 Å². The number of carboxylic acid groups (broad SMARTS) is 2. The number of aliphatic carboxylic acids is 2. The molecule has 0 aromatic rings. The van der Waals surface area contributed by atoms with Crippen molar-refractivity contribution in [3.8, 4) is 0 Å². The van der Waals surface area contributed by atoms with Crippen molar-refractivity contribution < 1.29 is 19.8 Å². The molecular weight excluding hydrogens is 340 g/mol. The van der Waals surface area contributed by atoms with E-state index >= 15 is 0 Å². The summed E-state index contributed by atoms with van der Waals surface area (Å²) in [6, 6.07) is 0. The summed E-state index contributed by atoms with van der Waals surface area (Å²) in [5.41, 5.74) is 0. The van der Waals surface area contributed by atoms with Crippen LogP contribution in [-0.2, 0) is 9.59 Å². The Bertz CT molecular complexity index is 316. The van der Waals surface area contributed by atoms with E-state index in [1.54, 1.807) is 0 Å². The predicted octanol–water partition coefficient (Wildman–Crippen LogP) is 7.59. The zero-order chi connectivity index (χ0) is 20.6. The highest BCUT2D eigenvalue weighted by molar-refractivity contribution is 5.66. The first kappa shape index (κ1) is 28.2. The number of hydrogen-bond donors (Lipinski definition) is 2. The van der Waals surface area contributed by atoms with Crippen molar-refractivity contribution in [2.24, 2.45) is 0 Å². The third-order valence-electron chi connectivity index (χ3n) is 4.74. The summed E-state index contributed by atoms with van der Waals surface area (Å²) in [6.45, 7) is 4.44. The van der Waals surface area contributed by atoms with Crippen LogP contribution in [0.25, 0.3) is 0 Å². The molecule has 4 nitrogen and oxygen atoms in total. The fourth-order valence-electron chi connectivity index (χ4n) is 3.00. The fourth-order valence-corrected chi connectivity index (χ4v) is 3.00. The van der Waals surface area contributed by atoms with Gasteiger partial charge in [0.2, 0.25) is 0 Å². The quantitative estimate of drug-likeness (QED) is 0.224. The smallest absolute Gasteiger partial charge is 0.303 e. The van der Waals surface area contributed by atoms with Crippen molar-refractivity contribution >= 4 is 11.9 Å². The van der Waals surface area contributed by atoms with Gasteiger partial charge in [-0.05, 0) is 12.8 Å². The first-order valence-corrected chi connectivity index (χ1v) is 11.5. The fraction of sp³-hybridized carbons (Fsp3) is 0.913. The molecule has 0 aliphatic carbocycles.